The van der Waals surface area contributed by atoms with E-state index in [4.69, 9.17) is 9.84 Å². The topological polar surface area (TPSA) is 70.1 Å². The van der Waals surface area contributed by atoms with Crippen molar-refractivity contribution < 1.29 is 19.4 Å². The molecule has 0 aliphatic rings. The number of amides is 2. The van der Waals surface area contributed by atoms with E-state index >= 15 is 0 Å². The zero-order valence-electron chi connectivity index (χ0n) is 12.0. The van der Waals surface area contributed by atoms with Gasteiger partial charge < -0.3 is 19.6 Å². The minimum Gasteiger partial charge on any atom is -0.480 e. The third-order valence-electron chi connectivity index (χ3n) is 2.85. The predicted octanol–water partition coefficient (Wildman–Crippen LogP) is 1.43. The molecule has 0 radical (unpaired) electrons. The fraction of sp³-hybridized carbons (Fsp3) is 0.692. The van der Waals surface area contributed by atoms with Crippen LogP contribution < -0.4 is 0 Å². The van der Waals surface area contributed by atoms with Crippen LogP contribution in [0.3, 0.4) is 0 Å². The number of ether oxygens (including phenoxy) is 1. The lowest BCUT2D eigenvalue weighted by Crippen LogP contribution is -2.49. The molecule has 0 heterocycles. The van der Waals surface area contributed by atoms with Crippen molar-refractivity contribution in [2.75, 3.05) is 33.4 Å². The summed E-state index contributed by atoms with van der Waals surface area (Å²) in [6, 6.07) is -0.266. The van der Waals surface area contributed by atoms with E-state index in [2.05, 4.69) is 6.58 Å². The van der Waals surface area contributed by atoms with Gasteiger partial charge in [0.1, 0.15) is 6.54 Å². The predicted molar refractivity (Wildman–Crippen MR) is 73.1 cm³/mol. The Morgan fingerprint density at radius 3 is 2.53 bits per heavy atom. The van der Waals surface area contributed by atoms with Crippen molar-refractivity contribution in [1.82, 2.24) is 9.80 Å². The Morgan fingerprint density at radius 1 is 1.47 bits per heavy atom. The van der Waals surface area contributed by atoms with Crippen LogP contribution >= 0.6 is 0 Å². The van der Waals surface area contributed by atoms with Gasteiger partial charge in [-0.15, -0.1) is 6.58 Å². The summed E-state index contributed by atoms with van der Waals surface area (Å²) in [7, 11) is 1.57. The largest absolute Gasteiger partial charge is 0.480 e. The summed E-state index contributed by atoms with van der Waals surface area (Å²) in [6.45, 7) is 8.21. The second kappa shape index (κ2) is 9.38. The first-order chi connectivity index (χ1) is 8.97. The molecule has 0 bridgehead atoms. The molecule has 1 unspecified atom stereocenters. The molecule has 0 fully saturated rings. The second-order valence-corrected chi connectivity index (χ2v) is 4.29. The van der Waals surface area contributed by atoms with Gasteiger partial charge >= 0.3 is 12.0 Å². The van der Waals surface area contributed by atoms with Crippen molar-refractivity contribution in [2.24, 2.45) is 0 Å². The molecular weight excluding hydrogens is 248 g/mol. The van der Waals surface area contributed by atoms with E-state index < -0.39 is 5.97 Å². The fourth-order valence-corrected chi connectivity index (χ4v) is 1.63. The summed E-state index contributed by atoms with van der Waals surface area (Å²) in [5.74, 6) is -1.04. The number of carbonyl (C=O) groups excluding carboxylic acids is 1. The monoisotopic (exact) mass is 272 g/mol. The number of carboxylic acids is 1. The highest BCUT2D eigenvalue weighted by molar-refractivity contribution is 5.80. The molecule has 0 aromatic heterocycles. The van der Waals surface area contributed by atoms with Gasteiger partial charge in [-0.25, -0.2) is 4.79 Å². The Bertz CT molecular complexity index is 307. The minimum absolute atomic E-state index is 0.0313. The highest BCUT2D eigenvalue weighted by Gasteiger charge is 2.24. The Morgan fingerprint density at radius 2 is 2.11 bits per heavy atom. The van der Waals surface area contributed by atoms with E-state index in [-0.39, 0.29) is 25.2 Å². The lowest BCUT2D eigenvalue weighted by atomic mass is 10.2. The van der Waals surface area contributed by atoms with E-state index in [9.17, 15) is 9.59 Å². The van der Waals surface area contributed by atoms with E-state index in [0.717, 1.165) is 6.42 Å². The standard InChI is InChI=1S/C13H24N2O4/c1-5-7-14(10-12(16)17)13(18)15(8-9-19-4)11(3)6-2/h5,11H,1,6-10H2,2-4H3,(H,16,17). The van der Waals surface area contributed by atoms with E-state index in [1.165, 1.54) is 11.0 Å². The molecule has 0 aliphatic carbocycles. The van der Waals surface area contributed by atoms with Gasteiger partial charge in [-0.2, -0.15) is 0 Å². The van der Waals surface area contributed by atoms with Crippen LogP contribution in [-0.2, 0) is 9.53 Å². The molecule has 0 saturated heterocycles. The number of hydrogen-bond donors (Lipinski definition) is 1. The summed E-state index contributed by atoms with van der Waals surface area (Å²) < 4.78 is 4.99. The maximum absolute atomic E-state index is 12.4. The number of carbonyl (C=O) groups is 2. The molecule has 110 valence electrons. The highest BCUT2D eigenvalue weighted by atomic mass is 16.5. The van der Waals surface area contributed by atoms with Crippen LogP contribution in [0.2, 0.25) is 0 Å². The Labute approximate surface area is 114 Å². The molecule has 0 aromatic rings. The maximum Gasteiger partial charge on any atom is 0.323 e. The first kappa shape index (κ1) is 17.4. The summed E-state index contributed by atoms with van der Waals surface area (Å²) in [6.07, 6.45) is 2.32. The van der Waals surface area contributed by atoms with Gasteiger partial charge in [0.25, 0.3) is 0 Å². The van der Waals surface area contributed by atoms with Crippen LogP contribution in [0.25, 0.3) is 0 Å². The summed E-state index contributed by atoms with van der Waals surface area (Å²) in [5, 5.41) is 8.84. The number of methoxy groups -OCH3 is 1. The zero-order valence-corrected chi connectivity index (χ0v) is 12.0. The lowest BCUT2D eigenvalue weighted by Gasteiger charge is -2.33. The van der Waals surface area contributed by atoms with Crippen LogP contribution in [0.4, 0.5) is 4.79 Å². The molecule has 0 spiro atoms. The van der Waals surface area contributed by atoms with Gasteiger partial charge in [-0.3, -0.25) is 4.79 Å². The van der Waals surface area contributed by atoms with Crippen molar-refractivity contribution in [1.29, 1.82) is 0 Å². The number of rotatable bonds is 9. The second-order valence-electron chi connectivity index (χ2n) is 4.29. The molecule has 2 amide bonds. The fourth-order valence-electron chi connectivity index (χ4n) is 1.63. The van der Waals surface area contributed by atoms with E-state index in [0.29, 0.717) is 13.2 Å². The third kappa shape index (κ3) is 6.24. The molecule has 1 atom stereocenters. The Balaban J connectivity index is 4.87. The minimum atomic E-state index is -1.04. The van der Waals surface area contributed by atoms with Crippen LogP contribution in [-0.4, -0.2) is 66.3 Å². The summed E-state index contributed by atoms with van der Waals surface area (Å²) in [5.41, 5.74) is 0. The smallest absolute Gasteiger partial charge is 0.323 e. The summed E-state index contributed by atoms with van der Waals surface area (Å²) >= 11 is 0. The SMILES string of the molecule is C=CCN(CC(=O)O)C(=O)N(CCOC)C(C)CC. The number of nitrogens with zero attached hydrogens (tertiary/aromatic N) is 2. The van der Waals surface area contributed by atoms with Crippen molar-refractivity contribution in [3.63, 3.8) is 0 Å². The van der Waals surface area contributed by atoms with Crippen molar-refractivity contribution in [3.8, 4) is 0 Å². The third-order valence-corrected chi connectivity index (χ3v) is 2.85. The van der Waals surface area contributed by atoms with Gasteiger partial charge in [0.2, 0.25) is 0 Å². The average Bonchev–Trinajstić information content (AvgIpc) is 2.37. The molecule has 6 nitrogen and oxygen atoms in total. The number of urea groups is 1. The zero-order chi connectivity index (χ0) is 14.8. The normalized spacial score (nSPS) is 11.7. The van der Waals surface area contributed by atoms with E-state index in [1.807, 2.05) is 13.8 Å². The number of aliphatic carboxylic acids is 1. The molecular formula is C13H24N2O4. The first-order valence-electron chi connectivity index (χ1n) is 6.35. The van der Waals surface area contributed by atoms with Crippen LogP contribution in [0, 0.1) is 0 Å². The summed E-state index contributed by atoms with van der Waals surface area (Å²) in [4.78, 5) is 26.0. The molecule has 6 heteroatoms. The molecule has 0 rings (SSSR count). The van der Waals surface area contributed by atoms with Crippen molar-refractivity contribution >= 4 is 12.0 Å². The Kier molecular flexibility index (Phi) is 8.61. The van der Waals surface area contributed by atoms with E-state index in [1.54, 1.807) is 12.0 Å². The van der Waals surface area contributed by atoms with Gasteiger partial charge in [0, 0.05) is 26.2 Å². The van der Waals surface area contributed by atoms with Gasteiger partial charge in [-0.05, 0) is 13.3 Å². The number of hydrogen-bond acceptors (Lipinski definition) is 3. The molecule has 1 N–H and O–H groups in total. The van der Waals surface area contributed by atoms with Crippen LogP contribution in [0.1, 0.15) is 20.3 Å². The average molecular weight is 272 g/mol. The lowest BCUT2D eigenvalue weighted by molar-refractivity contribution is -0.137. The molecule has 0 aromatic carbocycles. The van der Waals surface area contributed by atoms with Crippen molar-refractivity contribution in [2.45, 2.75) is 26.3 Å². The van der Waals surface area contributed by atoms with Crippen LogP contribution in [0.15, 0.2) is 12.7 Å². The maximum atomic E-state index is 12.4. The molecule has 0 aliphatic heterocycles. The first-order valence-corrected chi connectivity index (χ1v) is 6.35. The van der Waals surface area contributed by atoms with Gasteiger partial charge in [0.15, 0.2) is 0 Å². The molecule has 0 saturated carbocycles. The van der Waals surface area contributed by atoms with Crippen LogP contribution in [0.5, 0.6) is 0 Å². The molecule has 19 heavy (non-hydrogen) atoms. The Hall–Kier alpha value is -1.56. The van der Waals surface area contributed by atoms with Gasteiger partial charge in [-0.1, -0.05) is 13.0 Å². The quantitative estimate of drug-likeness (QED) is 0.645. The number of carboxylic acid groups (broad SMARTS) is 1. The van der Waals surface area contributed by atoms with Gasteiger partial charge in [0.05, 0.1) is 6.61 Å². The van der Waals surface area contributed by atoms with Crippen molar-refractivity contribution in [3.05, 3.63) is 12.7 Å². The highest BCUT2D eigenvalue weighted by Crippen LogP contribution is 2.08.